The van der Waals surface area contributed by atoms with Gasteiger partial charge in [0.25, 0.3) is 11.8 Å². The smallest absolute Gasteiger partial charge is 0.274 e. The van der Waals surface area contributed by atoms with E-state index in [1.807, 2.05) is 31.2 Å². The SMILES string of the molecule is COc1cccc(NC(=O)c2cccc(C(=O)Nc3ccc(C)cc3)n2)c1. The summed E-state index contributed by atoms with van der Waals surface area (Å²) in [6.45, 7) is 1.97. The first-order valence-electron chi connectivity index (χ1n) is 8.35. The molecule has 2 aromatic carbocycles. The minimum atomic E-state index is -0.409. The summed E-state index contributed by atoms with van der Waals surface area (Å²) in [5.41, 5.74) is 2.65. The van der Waals surface area contributed by atoms with E-state index < -0.39 is 5.91 Å². The first-order chi connectivity index (χ1) is 13.0. The zero-order chi connectivity index (χ0) is 19.2. The van der Waals surface area contributed by atoms with Gasteiger partial charge < -0.3 is 15.4 Å². The van der Waals surface area contributed by atoms with Crippen LogP contribution in [0.5, 0.6) is 5.75 Å². The maximum atomic E-state index is 12.4. The van der Waals surface area contributed by atoms with Crippen molar-refractivity contribution in [1.82, 2.24) is 4.98 Å². The van der Waals surface area contributed by atoms with Crippen molar-refractivity contribution in [3.05, 3.63) is 83.7 Å². The summed E-state index contributed by atoms with van der Waals surface area (Å²) < 4.78 is 5.14. The van der Waals surface area contributed by atoms with Crippen molar-refractivity contribution in [3.63, 3.8) is 0 Å². The zero-order valence-corrected chi connectivity index (χ0v) is 15.0. The van der Waals surface area contributed by atoms with Crippen LogP contribution >= 0.6 is 0 Å². The van der Waals surface area contributed by atoms with Crippen LogP contribution in [0.3, 0.4) is 0 Å². The van der Waals surface area contributed by atoms with Gasteiger partial charge >= 0.3 is 0 Å². The third-order valence-electron chi connectivity index (χ3n) is 3.85. The summed E-state index contributed by atoms with van der Waals surface area (Å²) in [5, 5.41) is 5.51. The number of methoxy groups -OCH3 is 1. The summed E-state index contributed by atoms with van der Waals surface area (Å²) in [5.74, 6) is -0.157. The molecule has 2 N–H and O–H groups in total. The highest BCUT2D eigenvalue weighted by atomic mass is 16.5. The first kappa shape index (κ1) is 18.1. The van der Waals surface area contributed by atoms with Gasteiger partial charge in [-0.25, -0.2) is 4.98 Å². The number of hydrogen-bond donors (Lipinski definition) is 2. The van der Waals surface area contributed by atoms with Gasteiger partial charge in [0.2, 0.25) is 0 Å². The van der Waals surface area contributed by atoms with E-state index in [0.29, 0.717) is 17.1 Å². The number of aryl methyl sites for hydroxylation is 1. The highest BCUT2D eigenvalue weighted by Gasteiger charge is 2.13. The lowest BCUT2D eigenvalue weighted by atomic mass is 10.2. The van der Waals surface area contributed by atoms with Crippen molar-refractivity contribution in [2.75, 3.05) is 17.7 Å². The maximum Gasteiger partial charge on any atom is 0.274 e. The van der Waals surface area contributed by atoms with Crippen molar-refractivity contribution in [3.8, 4) is 5.75 Å². The Hall–Kier alpha value is -3.67. The standard InChI is InChI=1S/C21H19N3O3/c1-14-9-11-15(12-10-14)22-20(25)18-7-4-8-19(24-18)21(26)23-16-5-3-6-17(13-16)27-2/h3-13H,1-2H3,(H,22,25)(H,23,26). The van der Waals surface area contributed by atoms with Gasteiger partial charge in [0.1, 0.15) is 17.1 Å². The van der Waals surface area contributed by atoms with Gasteiger partial charge in [-0.2, -0.15) is 0 Å². The van der Waals surface area contributed by atoms with Crippen LogP contribution in [0.15, 0.2) is 66.7 Å². The predicted octanol–water partition coefficient (Wildman–Crippen LogP) is 3.90. The molecule has 0 atom stereocenters. The minimum Gasteiger partial charge on any atom is -0.497 e. The topological polar surface area (TPSA) is 80.3 Å². The van der Waals surface area contributed by atoms with Crippen LogP contribution in [0.25, 0.3) is 0 Å². The van der Waals surface area contributed by atoms with Crippen molar-refractivity contribution in [2.24, 2.45) is 0 Å². The number of anilines is 2. The van der Waals surface area contributed by atoms with Crippen molar-refractivity contribution >= 4 is 23.2 Å². The summed E-state index contributed by atoms with van der Waals surface area (Å²) in [6.07, 6.45) is 0. The second-order valence-corrected chi connectivity index (χ2v) is 5.91. The number of rotatable bonds is 5. The number of hydrogen-bond acceptors (Lipinski definition) is 4. The number of carbonyl (C=O) groups excluding carboxylic acids is 2. The number of nitrogens with one attached hydrogen (secondary N) is 2. The fraction of sp³-hybridized carbons (Fsp3) is 0.0952. The summed E-state index contributed by atoms with van der Waals surface area (Å²) in [6, 6.07) is 19.2. The molecule has 0 aliphatic heterocycles. The molecule has 0 aliphatic rings. The Labute approximate surface area is 157 Å². The molecule has 6 nitrogen and oxygen atoms in total. The monoisotopic (exact) mass is 361 g/mol. The molecular formula is C21H19N3O3. The lowest BCUT2D eigenvalue weighted by molar-refractivity contribution is 0.101. The Morgan fingerprint density at radius 2 is 1.41 bits per heavy atom. The molecule has 27 heavy (non-hydrogen) atoms. The van der Waals surface area contributed by atoms with E-state index in [9.17, 15) is 9.59 Å². The van der Waals surface area contributed by atoms with Crippen molar-refractivity contribution in [1.29, 1.82) is 0 Å². The fourth-order valence-electron chi connectivity index (χ4n) is 2.42. The molecule has 3 aromatic rings. The second kappa shape index (κ2) is 8.14. The van der Waals surface area contributed by atoms with Gasteiger partial charge in [-0.1, -0.05) is 29.8 Å². The summed E-state index contributed by atoms with van der Waals surface area (Å²) in [4.78, 5) is 29.0. The number of amides is 2. The Balaban J connectivity index is 1.73. The number of ether oxygens (including phenoxy) is 1. The maximum absolute atomic E-state index is 12.4. The highest BCUT2D eigenvalue weighted by Crippen LogP contribution is 2.17. The zero-order valence-electron chi connectivity index (χ0n) is 15.0. The summed E-state index contributed by atoms with van der Waals surface area (Å²) >= 11 is 0. The average Bonchev–Trinajstić information content (AvgIpc) is 2.70. The Bertz CT molecular complexity index is 968. The van der Waals surface area contributed by atoms with Crippen molar-refractivity contribution in [2.45, 2.75) is 6.92 Å². The van der Waals surface area contributed by atoms with Gasteiger partial charge in [0.05, 0.1) is 7.11 Å². The number of benzene rings is 2. The molecule has 136 valence electrons. The fourth-order valence-corrected chi connectivity index (χ4v) is 2.42. The molecule has 0 saturated heterocycles. The van der Waals surface area contributed by atoms with E-state index in [0.717, 1.165) is 5.56 Å². The third-order valence-corrected chi connectivity index (χ3v) is 3.85. The van der Waals surface area contributed by atoms with E-state index in [2.05, 4.69) is 15.6 Å². The summed E-state index contributed by atoms with van der Waals surface area (Å²) in [7, 11) is 1.55. The predicted molar refractivity (Wildman–Crippen MR) is 104 cm³/mol. The van der Waals surface area contributed by atoms with Gasteiger partial charge in [-0.3, -0.25) is 9.59 Å². The normalized spacial score (nSPS) is 10.1. The molecule has 1 heterocycles. The lowest BCUT2D eigenvalue weighted by Crippen LogP contribution is -2.18. The van der Waals surface area contributed by atoms with Gasteiger partial charge in [-0.05, 0) is 43.3 Å². The van der Waals surface area contributed by atoms with Gasteiger partial charge in [0.15, 0.2) is 0 Å². The molecule has 0 radical (unpaired) electrons. The molecule has 0 fully saturated rings. The van der Waals surface area contributed by atoms with Crippen molar-refractivity contribution < 1.29 is 14.3 Å². The van der Waals surface area contributed by atoms with Crippen LogP contribution in [-0.2, 0) is 0 Å². The van der Waals surface area contributed by atoms with E-state index in [1.165, 1.54) is 0 Å². The minimum absolute atomic E-state index is 0.148. The molecular weight excluding hydrogens is 342 g/mol. The number of nitrogens with zero attached hydrogens (tertiary/aromatic N) is 1. The van der Waals surface area contributed by atoms with Crippen LogP contribution in [0.4, 0.5) is 11.4 Å². The number of carbonyl (C=O) groups is 2. The van der Waals surface area contributed by atoms with E-state index in [4.69, 9.17) is 4.74 Å². The molecule has 6 heteroatoms. The molecule has 0 spiro atoms. The van der Waals surface area contributed by atoms with Crippen LogP contribution in [-0.4, -0.2) is 23.9 Å². The molecule has 0 saturated carbocycles. The van der Waals surface area contributed by atoms with Crippen LogP contribution in [0.1, 0.15) is 26.5 Å². The molecule has 2 amide bonds. The second-order valence-electron chi connectivity index (χ2n) is 5.91. The lowest BCUT2D eigenvalue weighted by Gasteiger charge is -2.08. The van der Waals surface area contributed by atoms with Crippen LogP contribution in [0, 0.1) is 6.92 Å². The van der Waals surface area contributed by atoms with E-state index >= 15 is 0 Å². The average molecular weight is 361 g/mol. The highest BCUT2D eigenvalue weighted by molar-refractivity contribution is 6.06. The Morgan fingerprint density at radius 1 is 0.815 bits per heavy atom. The molecule has 1 aromatic heterocycles. The Morgan fingerprint density at radius 3 is 2.04 bits per heavy atom. The van der Waals surface area contributed by atoms with Gasteiger partial charge in [0, 0.05) is 17.4 Å². The number of pyridine rings is 1. The quantitative estimate of drug-likeness (QED) is 0.722. The third kappa shape index (κ3) is 4.70. The van der Waals surface area contributed by atoms with E-state index in [-0.39, 0.29) is 17.3 Å². The van der Waals surface area contributed by atoms with E-state index in [1.54, 1.807) is 49.6 Å². The van der Waals surface area contributed by atoms with Gasteiger partial charge in [-0.15, -0.1) is 0 Å². The Kier molecular flexibility index (Phi) is 5.47. The molecule has 0 bridgehead atoms. The van der Waals surface area contributed by atoms with Crippen LogP contribution in [0.2, 0.25) is 0 Å². The molecule has 0 unspecified atom stereocenters. The van der Waals surface area contributed by atoms with Crippen LogP contribution < -0.4 is 15.4 Å². The first-order valence-corrected chi connectivity index (χ1v) is 8.35. The number of aromatic nitrogens is 1. The molecule has 3 rings (SSSR count). The molecule has 0 aliphatic carbocycles. The largest absolute Gasteiger partial charge is 0.497 e.